The summed E-state index contributed by atoms with van der Waals surface area (Å²) in [5.41, 5.74) is 7.46. The minimum atomic E-state index is 0.126. The van der Waals surface area contributed by atoms with Crippen LogP contribution in [-0.2, 0) is 0 Å². The number of rotatable bonds is 4. The summed E-state index contributed by atoms with van der Waals surface area (Å²) in [4.78, 5) is 2.18. The number of benzene rings is 1. The van der Waals surface area contributed by atoms with Crippen LogP contribution in [0.1, 0.15) is 20.8 Å². The lowest BCUT2D eigenvalue weighted by Gasteiger charge is -2.32. The second-order valence-corrected chi connectivity index (χ2v) is 5.55. The molecule has 0 aliphatic rings. The molecular weight excluding hydrogens is 212 g/mol. The van der Waals surface area contributed by atoms with Gasteiger partial charge in [-0.05, 0) is 29.7 Å². The van der Waals surface area contributed by atoms with Crippen LogP contribution in [0.15, 0.2) is 24.3 Å². The summed E-state index contributed by atoms with van der Waals surface area (Å²) in [6, 6.07) is 8.18. The Morgan fingerprint density at radius 2 is 1.76 bits per heavy atom. The molecule has 0 spiro atoms. The Balaban J connectivity index is 2.66. The quantitative estimate of drug-likeness (QED) is 0.873. The average molecular weight is 236 g/mol. The molecule has 0 fully saturated rings. The van der Waals surface area contributed by atoms with Gasteiger partial charge in [-0.2, -0.15) is 0 Å². The molecule has 0 bridgehead atoms. The first kappa shape index (κ1) is 13.8. The van der Waals surface area contributed by atoms with Gasteiger partial charge in [0.2, 0.25) is 0 Å². The minimum absolute atomic E-state index is 0.126. The van der Waals surface area contributed by atoms with Crippen LogP contribution in [0.25, 0.3) is 0 Å². The van der Waals surface area contributed by atoms with Crippen molar-refractivity contribution in [3.8, 4) is 5.75 Å². The first-order chi connectivity index (χ1) is 7.84. The van der Waals surface area contributed by atoms with Crippen molar-refractivity contribution in [2.45, 2.75) is 26.8 Å². The third-order valence-corrected chi connectivity index (χ3v) is 3.10. The number of hydrogen-bond acceptors (Lipinski definition) is 3. The van der Waals surface area contributed by atoms with E-state index in [-0.39, 0.29) is 11.5 Å². The smallest absolute Gasteiger partial charge is 0.119 e. The molecule has 0 saturated carbocycles. The highest BCUT2D eigenvalue weighted by molar-refractivity contribution is 5.48. The molecule has 3 nitrogen and oxygen atoms in total. The number of nitrogens with two attached hydrogens (primary N) is 1. The molecular formula is C14H24N2O. The zero-order valence-electron chi connectivity index (χ0n) is 11.5. The van der Waals surface area contributed by atoms with Crippen molar-refractivity contribution in [3.63, 3.8) is 0 Å². The van der Waals surface area contributed by atoms with E-state index in [0.717, 1.165) is 18.0 Å². The van der Waals surface area contributed by atoms with E-state index < -0.39 is 0 Å². The summed E-state index contributed by atoms with van der Waals surface area (Å²) in [6.07, 6.45) is 0. The molecule has 0 amide bonds. The molecule has 1 rings (SSSR count). The Morgan fingerprint density at radius 3 is 2.18 bits per heavy atom. The van der Waals surface area contributed by atoms with Crippen LogP contribution < -0.4 is 15.4 Å². The Labute approximate surface area is 105 Å². The van der Waals surface area contributed by atoms with E-state index >= 15 is 0 Å². The van der Waals surface area contributed by atoms with Crippen LogP contribution in [0.2, 0.25) is 0 Å². The van der Waals surface area contributed by atoms with Gasteiger partial charge >= 0.3 is 0 Å². The van der Waals surface area contributed by atoms with Gasteiger partial charge in [-0.3, -0.25) is 0 Å². The minimum Gasteiger partial charge on any atom is -0.497 e. The van der Waals surface area contributed by atoms with Gasteiger partial charge in [-0.15, -0.1) is 0 Å². The second kappa shape index (κ2) is 5.41. The van der Waals surface area contributed by atoms with Crippen LogP contribution in [0, 0.1) is 5.41 Å². The average Bonchev–Trinajstić information content (AvgIpc) is 2.27. The van der Waals surface area contributed by atoms with E-state index in [1.54, 1.807) is 7.11 Å². The first-order valence-corrected chi connectivity index (χ1v) is 5.95. The third-order valence-electron chi connectivity index (χ3n) is 3.10. The predicted octanol–water partition coefficient (Wildman–Crippen LogP) is 2.50. The van der Waals surface area contributed by atoms with E-state index in [2.05, 4.69) is 32.7 Å². The van der Waals surface area contributed by atoms with Crippen molar-refractivity contribution in [1.29, 1.82) is 0 Å². The summed E-state index contributed by atoms with van der Waals surface area (Å²) in [6.45, 7) is 7.34. The zero-order chi connectivity index (χ0) is 13.1. The van der Waals surface area contributed by atoms with Gasteiger partial charge in [0, 0.05) is 25.3 Å². The molecule has 2 N–H and O–H groups in total. The summed E-state index contributed by atoms with van der Waals surface area (Å²) >= 11 is 0. The molecule has 3 heteroatoms. The molecule has 0 unspecified atom stereocenters. The Hall–Kier alpha value is -1.22. The van der Waals surface area contributed by atoms with Crippen molar-refractivity contribution in [1.82, 2.24) is 0 Å². The summed E-state index contributed by atoms with van der Waals surface area (Å²) in [5, 5.41) is 0. The Morgan fingerprint density at radius 1 is 1.24 bits per heavy atom. The molecule has 0 aromatic heterocycles. The van der Waals surface area contributed by atoms with E-state index in [1.165, 1.54) is 0 Å². The number of ether oxygens (including phenoxy) is 1. The van der Waals surface area contributed by atoms with Crippen LogP contribution in [0.4, 0.5) is 5.69 Å². The SMILES string of the molecule is COc1ccc(N(C)C[C@H](N)C(C)(C)C)cc1. The van der Waals surface area contributed by atoms with Gasteiger partial charge in [0.1, 0.15) is 5.75 Å². The predicted molar refractivity (Wildman–Crippen MR) is 73.7 cm³/mol. The molecule has 0 aliphatic carbocycles. The van der Waals surface area contributed by atoms with Gasteiger partial charge < -0.3 is 15.4 Å². The van der Waals surface area contributed by atoms with Crippen LogP contribution in [-0.4, -0.2) is 26.7 Å². The third kappa shape index (κ3) is 3.93. The lowest BCUT2D eigenvalue weighted by atomic mass is 9.87. The van der Waals surface area contributed by atoms with Crippen LogP contribution in [0.5, 0.6) is 5.75 Å². The van der Waals surface area contributed by atoms with Crippen molar-refractivity contribution in [3.05, 3.63) is 24.3 Å². The number of anilines is 1. The number of nitrogens with zero attached hydrogens (tertiary/aromatic N) is 1. The van der Waals surface area contributed by atoms with Gasteiger partial charge in [-0.25, -0.2) is 0 Å². The molecule has 96 valence electrons. The van der Waals surface area contributed by atoms with Gasteiger partial charge in [-0.1, -0.05) is 20.8 Å². The Bertz CT molecular complexity index is 340. The number of hydrogen-bond donors (Lipinski definition) is 1. The monoisotopic (exact) mass is 236 g/mol. The van der Waals surface area contributed by atoms with E-state index in [1.807, 2.05) is 24.3 Å². The summed E-state index contributed by atoms with van der Waals surface area (Å²) in [7, 11) is 3.74. The maximum Gasteiger partial charge on any atom is 0.119 e. The number of methoxy groups -OCH3 is 1. The first-order valence-electron chi connectivity index (χ1n) is 5.95. The lowest BCUT2D eigenvalue weighted by molar-refractivity contribution is 0.323. The largest absolute Gasteiger partial charge is 0.497 e. The highest BCUT2D eigenvalue weighted by Crippen LogP contribution is 2.22. The van der Waals surface area contributed by atoms with Gasteiger partial charge in [0.15, 0.2) is 0 Å². The second-order valence-electron chi connectivity index (χ2n) is 5.55. The van der Waals surface area contributed by atoms with Crippen LogP contribution >= 0.6 is 0 Å². The molecule has 0 heterocycles. The van der Waals surface area contributed by atoms with Crippen molar-refractivity contribution in [2.75, 3.05) is 25.6 Å². The fourth-order valence-electron chi connectivity index (χ4n) is 1.51. The van der Waals surface area contributed by atoms with Crippen molar-refractivity contribution < 1.29 is 4.74 Å². The fourth-order valence-corrected chi connectivity index (χ4v) is 1.51. The van der Waals surface area contributed by atoms with E-state index in [9.17, 15) is 0 Å². The molecule has 1 atom stereocenters. The standard InChI is InChI=1S/C14H24N2O/c1-14(2,3)13(15)10-16(4)11-6-8-12(17-5)9-7-11/h6-9,13H,10,15H2,1-5H3/t13-/m0/s1. The van der Waals surface area contributed by atoms with Gasteiger partial charge in [0.05, 0.1) is 7.11 Å². The number of likely N-dealkylation sites (N-methyl/N-ethyl adjacent to an activating group) is 1. The van der Waals surface area contributed by atoms with Crippen LogP contribution in [0.3, 0.4) is 0 Å². The maximum absolute atomic E-state index is 6.18. The summed E-state index contributed by atoms with van der Waals surface area (Å²) in [5.74, 6) is 0.877. The molecule has 0 aliphatic heterocycles. The topological polar surface area (TPSA) is 38.5 Å². The van der Waals surface area contributed by atoms with Crippen molar-refractivity contribution >= 4 is 5.69 Å². The fraction of sp³-hybridized carbons (Fsp3) is 0.571. The maximum atomic E-state index is 6.18. The zero-order valence-corrected chi connectivity index (χ0v) is 11.5. The molecule has 1 aromatic rings. The molecule has 0 radical (unpaired) electrons. The lowest BCUT2D eigenvalue weighted by Crippen LogP contribution is -2.44. The Kier molecular flexibility index (Phi) is 4.40. The molecule has 0 saturated heterocycles. The highest BCUT2D eigenvalue weighted by atomic mass is 16.5. The normalized spacial score (nSPS) is 13.3. The van der Waals surface area contributed by atoms with E-state index in [4.69, 9.17) is 10.5 Å². The molecule has 1 aromatic carbocycles. The summed E-state index contributed by atoms with van der Waals surface area (Å²) < 4.78 is 5.14. The van der Waals surface area contributed by atoms with Gasteiger partial charge in [0.25, 0.3) is 0 Å². The van der Waals surface area contributed by atoms with Crippen molar-refractivity contribution in [2.24, 2.45) is 11.1 Å². The highest BCUT2D eigenvalue weighted by Gasteiger charge is 2.21. The van der Waals surface area contributed by atoms with E-state index in [0.29, 0.717) is 0 Å². The molecule has 17 heavy (non-hydrogen) atoms.